The number of nitrogens with one attached hydrogen (secondary N) is 1. The Hall–Kier alpha value is -3.42. The zero-order chi connectivity index (χ0) is 25.1. The van der Waals surface area contributed by atoms with Crippen LogP contribution in [0.4, 0.5) is 17.5 Å². The summed E-state index contributed by atoms with van der Waals surface area (Å²) in [5.74, 6) is 2.17. The molecule has 36 heavy (non-hydrogen) atoms. The molecule has 0 saturated carbocycles. The second-order valence-electron chi connectivity index (χ2n) is 10.1. The largest absolute Gasteiger partial charge is 0.371 e. The second kappa shape index (κ2) is 10.7. The maximum Gasteiger partial charge on any atom is 0.229 e. The molecule has 1 N–H and O–H groups in total. The van der Waals surface area contributed by atoms with Crippen LogP contribution in [0, 0.1) is 5.92 Å². The van der Waals surface area contributed by atoms with E-state index in [-0.39, 0.29) is 0 Å². The normalized spacial score (nSPS) is 18.6. The Kier molecular flexibility index (Phi) is 7.20. The SMILES string of the molecule is C=CC(=C)N1CC(CCN2C(=C)C=Cc3cnc(Nc4cccc(CN5CCN(C)CC5)c4)nc32)C1. The quantitative estimate of drug-likeness (QED) is 0.533. The monoisotopic (exact) mass is 483 g/mol. The van der Waals surface area contributed by atoms with Crippen molar-refractivity contribution in [3.05, 3.63) is 84.9 Å². The van der Waals surface area contributed by atoms with E-state index in [2.05, 4.69) is 81.0 Å². The topological polar surface area (TPSA) is 50.8 Å². The number of fused-ring (bicyclic) bond motifs is 1. The van der Waals surface area contributed by atoms with Crippen LogP contribution in [0.5, 0.6) is 0 Å². The summed E-state index contributed by atoms with van der Waals surface area (Å²) >= 11 is 0. The Labute approximate surface area is 215 Å². The standard InChI is InChI=1S/C29H37N7/c1-5-22(2)35-20-25(21-35)11-12-36-23(3)9-10-26-18-30-29(32-28(26)36)31-27-8-6-7-24(17-27)19-34-15-13-33(4)14-16-34/h5-10,17-18,25H,1-3,11-16,19-21H2,4H3,(H,30,31,32). The van der Waals surface area contributed by atoms with Gasteiger partial charge in [-0.25, -0.2) is 4.98 Å². The van der Waals surface area contributed by atoms with Gasteiger partial charge < -0.3 is 20.0 Å². The van der Waals surface area contributed by atoms with Gasteiger partial charge in [0, 0.05) is 81.2 Å². The summed E-state index contributed by atoms with van der Waals surface area (Å²) in [7, 11) is 2.19. The summed E-state index contributed by atoms with van der Waals surface area (Å²) < 4.78 is 0. The number of piperazine rings is 1. The second-order valence-corrected chi connectivity index (χ2v) is 10.1. The van der Waals surface area contributed by atoms with Gasteiger partial charge in [-0.05, 0) is 55.3 Å². The minimum absolute atomic E-state index is 0.607. The summed E-state index contributed by atoms with van der Waals surface area (Å²) in [6.45, 7) is 20.5. The maximum atomic E-state index is 4.91. The first-order valence-corrected chi connectivity index (χ1v) is 12.8. The third-order valence-electron chi connectivity index (χ3n) is 7.40. The van der Waals surface area contributed by atoms with Crippen LogP contribution in [0.2, 0.25) is 0 Å². The Balaban J connectivity index is 1.23. The van der Waals surface area contributed by atoms with Crippen LogP contribution in [0.3, 0.4) is 0 Å². The van der Waals surface area contributed by atoms with Gasteiger partial charge in [-0.2, -0.15) is 4.98 Å². The number of anilines is 3. The van der Waals surface area contributed by atoms with Crippen LogP contribution in [-0.4, -0.2) is 77.5 Å². The van der Waals surface area contributed by atoms with E-state index in [1.807, 2.05) is 24.4 Å². The van der Waals surface area contributed by atoms with E-state index in [1.54, 1.807) is 0 Å². The van der Waals surface area contributed by atoms with E-state index in [0.717, 1.165) is 87.2 Å². The summed E-state index contributed by atoms with van der Waals surface area (Å²) in [6, 6.07) is 8.58. The number of likely N-dealkylation sites (N-methyl/N-ethyl adjacent to an activating group) is 1. The highest BCUT2D eigenvalue weighted by atomic mass is 15.3. The number of aromatic nitrogens is 2. The Morgan fingerprint density at radius 1 is 1.17 bits per heavy atom. The highest BCUT2D eigenvalue weighted by Crippen LogP contribution is 2.31. The van der Waals surface area contributed by atoms with E-state index >= 15 is 0 Å². The van der Waals surface area contributed by atoms with Crippen molar-refractivity contribution in [2.45, 2.75) is 13.0 Å². The number of rotatable bonds is 9. The molecule has 2 saturated heterocycles. The molecule has 0 aliphatic carbocycles. The van der Waals surface area contributed by atoms with E-state index in [4.69, 9.17) is 4.98 Å². The zero-order valence-electron chi connectivity index (χ0n) is 21.4. The fourth-order valence-electron chi connectivity index (χ4n) is 5.01. The number of benzene rings is 1. The number of hydrogen-bond donors (Lipinski definition) is 1. The lowest BCUT2D eigenvalue weighted by Crippen LogP contribution is -2.46. The van der Waals surface area contributed by atoms with E-state index in [1.165, 1.54) is 5.56 Å². The van der Waals surface area contributed by atoms with Gasteiger partial charge >= 0.3 is 0 Å². The average molecular weight is 484 g/mol. The van der Waals surface area contributed by atoms with Gasteiger partial charge in [0.25, 0.3) is 0 Å². The summed E-state index contributed by atoms with van der Waals surface area (Å²) in [5, 5.41) is 3.43. The van der Waals surface area contributed by atoms with E-state index < -0.39 is 0 Å². The van der Waals surface area contributed by atoms with Gasteiger partial charge in [-0.15, -0.1) is 0 Å². The molecular weight excluding hydrogens is 446 g/mol. The Bertz CT molecular complexity index is 1160. The van der Waals surface area contributed by atoms with Crippen LogP contribution in [-0.2, 0) is 6.54 Å². The van der Waals surface area contributed by atoms with Crippen molar-refractivity contribution in [1.29, 1.82) is 0 Å². The predicted molar refractivity (Wildman–Crippen MR) is 149 cm³/mol. The highest BCUT2D eigenvalue weighted by molar-refractivity contribution is 5.74. The van der Waals surface area contributed by atoms with Gasteiger partial charge in [0.15, 0.2) is 0 Å². The molecule has 2 fully saturated rings. The molecule has 5 rings (SSSR count). The average Bonchev–Trinajstić information content (AvgIpc) is 2.85. The molecule has 0 spiro atoms. The minimum Gasteiger partial charge on any atom is -0.371 e. The molecule has 0 atom stereocenters. The first-order valence-electron chi connectivity index (χ1n) is 12.8. The van der Waals surface area contributed by atoms with Crippen molar-refractivity contribution in [2.75, 3.05) is 63.1 Å². The van der Waals surface area contributed by atoms with Crippen LogP contribution >= 0.6 is 0 Å². The van der Waals surface area contributed by atoms with Crippen molar-refractivity contribution >= 4 is 23.5 Å². The maximum absolute atomic E-state index is 4.91. The van der Waals surface area contributed by atoms with Crippen LogP contribution in [0.25, 0.3) is 6.08 Å². The molecule has 1 aromatic carbocycles. The third kappa shape index (κ3) is 5.53. The fraction of sp³-hybridized carbons (Fsp3) is 0.379. The van der Waals surface area contributed by atoms with Crippen LogP contribution in [0.1, 0.15) is 17.5 Å². The molecule has 0 bridgehead atoms. The summed E-state index contributed by atoms with van der Waals surface area (Å²) in [4.78, 5) is 18.9. The zero-order valence-corrected chi connectivity index (χ0v) is 21.4. The molecule has 0 radical (unpaired) electrons. The van der Waals surface area contributed by atoms with Crippen molar-refractivity contribution in [3.8, 4) is 0 Å². The first kappa shape index (κ1) is 24.3. The van der Waals surface area contributed by atoms with Crippen molar-refractivity contribution in [3.63, 3.8) is 0 Å². The molecule has 3 aliphatic heterocycles. The summed E-state index contributed by atoms with van der Waals surface area (Å²) in [5.41, 5.74) is 5.31. The Morgan fingerprint density at radius 3 is 2.75 bits per heavy atom. The van der Waals surface area contributed by atoms with E-state index in [0.29, 0.717) is 11.9 Å². The molecule has 1 aromatic heterocycles. The fourth-order valence-corrected chi connectivity index (χ4v) is 5.01. The van der Waals surface area contributed by atoms with Gasteiger partial charge in [-0.1, -0.05) is 31.9 Å². The smallest absolute Gasteiger partial charge is 0.229 e. The molecule has 0 amide bonds. The predicted octanol–water partition coefficient (Wildman–Crippen LogP) is 4.34. The molecule has 188 valence electrons. The highest BCUT2D eigenvalue weighted by Gasteiger charge is 2.28. The third-order valence-corrected chi connectivity index (χ3v) is 7.40. The van der Waals surface area contributed by atoms with Gasteiger partial charge in [0.1, 0.15) is 5.82 Å². The molecule has 2 aromatic rings. The van der Waals surface area contributed by atoms with Gasteiger partial charge in [-0.3, -0.25) is 4.90 Å². The number of allylic oxidation sites excluding steroid dienone is 2. The van der Waals surface area contributed by atoms with Gasteiger partial charge in [0.05, 0.1) is 0 Å². The van der Waals surface area contributed by atoms with Crippen LogP contribution < -0.4 is 10.2 Å². The first-order chi connectivity index (χ1) is 17.5. The number of nitrogens with zero attached hydrogens (tertiary/aromatic N) is 6. The van der Waals surface area contributed by atoms with Gasteiger partial charge in [0.2, 0.25) is 5.95 Å². The molecule has 0 unspecified atom stereocenters. The Morgan fingerprint density at radius 2 is 1.97 bits per heavy atom. The molecule has 4 heterocycles. The molecule has 7 heteroatoms. The lowest BCUT2D eigenvalue weighted by molar-refractivity contribution is 0.143. The van der Waals surface area contributed by atoms with E-state index in [9.17, 15) is 0 Å². The molecule has 3 aliphatic rings. The minimum atomic E-state index is 0.607. The lowest BCUT2D eigenvalue weighted by atomic mass is 9.95. The summed E-state index contributed by atoms with van der Waals surface area (Å²) in [6.07, 6.45) is 8.90. The molecular formula is C29H37N7. The lowest BCUT2D eigenvalue weighted by Gasteiger charge is -2.42. The van der Waals surface area contributed by atoms with Crippen LogP contribution in [0.15, 0.2) is 73.7 Å². The van der Waals surface area contributed by atoms with Crippen molar-refractivity contribution in [2.24, 2.45) is 5.92 Å². The molecule has 7 nitrogen and oxygen atoms in total. The number of hydrogen-bond acceptors (Lipinski definition) is 7. The number of likely N-dealkylation sites (tertiary alicyclic amines) is 1. The van der Waals surface area contributed by atoms with Crippen molar-refractivity contribution < 1.29 is 0 Å². The van der Waals surface area contributed by atoms with Crippen molar-refractivity contribution in [1.82, 2.24) is 24.7 Å².